The lowest BCUT2D eigenvalue weighted by Gasteiger charge is -2.44. The number of hydrogen-bond acceptors (Lipinski definition) is 5. The predicted octanol–water partition coefficient (Wildman–Crippen LogP) is 2.99. The normalized spacial score (nSPS) is 21.0. The highest BCUT2D eigenvalue weighted by Gasteiger charge is 2.39. The molecule has 182 valence electrons. The first-order chi connectivity index (χ1) is 15.8. The number of nitrogens with two attached hydrogens (primary N) is 1. The molecule has 1 saturated heterocycles. The van der Waals surface area contributed by atoms with Gasteiger partial charge in [0.25, 0.3) is 5.91 Å². The van der Waals surface area contributed by atoms with Crippen LogP contribution in [0.3, 0.4) is 0 Å². The first-order valence-corrected chi connectivity index (χ1v) is 11.6. The van der Waals surface area contributed by atoms with Crippen LogP contribution in [0.25, 0.3) is 0 Å². The van der Waals surface area contributed by atoms with Gasteiger partial charge in [0, 0.05) is 31.4 Å². The number of rotatable bonds is 8. The summed E-state index contributed by atoms with van der Waals surface area (Å²) in [4.78, 5) is 28.5. The van der Waals surface area contributed by atoms with Gasteiger partial charge in [-0.3, -0.25) is 14.5 Å². The Morgan fingerprint density at radius 2 is 1.97 bits per heavy atom. The van der Waals surface area contributed by atoms with Crippen molar-refractivity contribution in [2.45, 2.75) is 56.8 Å². The molecule has 1 atom stereocenters. The second-order valence-electron chi connectivity index (χ2n) is 9.15. The van der Waals surface area contributed by atoms with Crippen molar-refractivity contribution in [1.82, 2.24) is 4.90 Å². The summed E-state index contributed by atoms with van der Waals surface area (Å²) in [6.45, 7) is 0.845. The van der Waals surface area contributed by atoms with E-state index in [-0.39, 0.29) is 37.7 Å². The second kappa shape index (κ2) is 9.99. The SMILES string of the molecule is NC[C@@H](C(=O)Nc1ccc(N2CCOCC2=O)c(C(F)(F)F)c1)N(CC1CCC1)C1CCC1. The lowest BCUT2D eigenvalue weighted by Crippen LogP contribution is -2.56. The first kappa shape index (κ1) is 24.0. The smallest absolute Gasteiger partial charge is 0.370 e. The molecule has 33 heavy (non-hydrogen) atoms. The molecule has 1 aromatic carbocycles. The zero-order valence-corrected chi connectivity index (χ0v) is 18.6. The molecule has 7 nitrogen and oxygen atoms in total. The Labute approximate surface area is 191 Å². The van der Waals surface area contributed by atoms with Gasteiger partial charge < -0.3 is 20.7 Å². The number of nitrogens with zero attached hydrogens (tertiary/aromatic N) is 2. The van der Waals surface area contributed by atoms with E-state index in [1.54, 1.807) is 0 Å². The molecule has 3 aliphatic rings. The van der Waals surface area contributed by atoms with E-state index in [2.05, 4.69) is 10.2 Å². The molecule has 0 bridgehead atoms. The van der Waals surface area contributed by atoms with Gasteiger partial charge in [0.2, 0.25) is 5.91 Å². The second-order valence-corrected chi connectivity index (χ2v) is 9.15. The topological polar surface area (TPSA) is 87.9 Å². The summed E-state index contributed by atoms with van der Waals surface area (Å²) in [5, 5.41) is 2.65. The Balaban J connectivity index is 1.54. The largest absolute Gasteiger partial charge is 0.418 e. The van der Waals surface area contributed by atoms with Gasteiger partial charge in [-0.2, -0.15) is 13.2 Å². The summed E-state index contributed by atoms with van der Waals surface area (Å²) < 4.78 is 46.5. The van der Waals surface area contributed by atoms with Gasteiger partial charge in [-0.1, -0.05) is 12.8 Å². The predicted molar refractivity (Wildman–Crippen MR) is 118 cm³/mol. The van der Waals surface area contributed by atoms with E-state index in [1.807, 2.05) is 0 Å². The standard InChI is InChI=1S/C23H31F3N4O3/c24-23(25,26)18-11-16(7-8-19(18)29-9-10-33-14-21(29)31)28-22(32)20(12-27)30(17-5-2-6-17)13-15-3-1-4-15/h7-8,11,15,17,20H,1-6,9-10,12-14,27H2,(H,28,32)/t20-/m0/s1. The van der Waals surface area contributed by atoms with E-state index in [0.717, 1.165) is 49.6 Å². The van der Waals surface area contributed by atoms with Crippen molar-refractivity contribution >= 4 is 23.2 Å². The van der Waals surface area contributed by atoms with Gasteiger partial charge in [0.15, 0.2) is 0 Å². The molecule has 0 spiro atoms. The molecule has 4 rings (SSSR count). The van der Waals surface area contributed by atoms with Gasteiger partial charge in [0.05, 0.1) is 17.9 Å². The summed E-state index contributed by atoms with van der Waals surface area (Å²) >= 11 is 0. The quantitative estimate of drug-likeness (QED) is 0.613. The summed E-state index contributed by atoms with van der Waals surface area (Å²) in [7, 11) is 0. The Bertz CT molecular complexity index is 871. The minimum Gasteiger partial charge on any atom is -0.370 e. The van der Waals surface area contributed by atoms with E-state index in [0.29, 0.717) is 12.0 Å². The van der Waals surface area contributed by atoms with Crippen molar-refractivity contribution in [3.8, 4) is 0 Å². The Morgan fingerprint density at radius 3 is 2.52 bits per heavy atom. The molecular formula is C23H31F3N4O3. The number of anilines is 2. The van der Waals surface area contributed by atoms with E-state index in [9.17, 15) is 22.8 Å². The minimum absolute atomic E-state index is 0.0347. The molecule has 1 heterocycles. The lowest BCUT2D eigenvalue weighted by molar-refractivity contribution is -0.137. The van der Waals surface area contributed by atoms with Crippen LogP contribution < -0.4 is 16.0 Å². The van der Waals surface area contributed by atoms with Crippen molar-refractivity contribution in [3.63, 3.8) is 0 Å². The lowest BCUT2D eigenvalue weighted by atomic mass is 9.82. The zero-order valence-electron chi connectivity index (χ0n) is 18.6. The number of halogens is 3. The van der Waals surface area contributed by atoms with Crippen molar-refractivity contribution in [3.05, 3.63) is 23.8 Å². The van der Waals surface area contributed by atoms with E-state index in [4.69, 9.17) is 10.5 Å². The third-order valence-corrected chi connectivity index (χ3v) is 7.01. The Morgan fingerprint density at radius 1 is 1.24 bits per heavy atom. The van der Waals surface area contributed by atoms with Gasteiger partial charge in [-0.15, -0.1) is 0 Å². The number of morpholine rings is 1. The number of carbonyl (C=O) groups excluding carboxylic acids is 2. The fourth-order valence-corrected chi connectivity index (χ4v) is 4.69. The van der Waals surface area contributed by atoms with Crippen LogP contribution in [0.5, 0.6) is 0 Å². The Hall–Kier alpha value is -2.17. The molecule has 3 fully saturated rings. The number of ether oxygens (including phenoxy) is 1. The molecule has 1 aliphatic heterocycles. The van der Waals surface area contributed by atoms with Crippen LogP contribution in [0, 0.1) is 5.92 Å². The highest BCUT2D eigenvalue weighted by Crippen LogP contribution is 2.39. The molecular weight excluding hydrogens is 437 g/mol. The fraction of sp³-hybridized carbons (Fsp3) is 0.652. The van der Waals surface area contributed by atoms with Crippen molar-refractivity contribution in [2.24, 2.45) is 11.7 Å². The molecule has 10 heteroatoms. The van der Waals surface area contributed by atoms with Crippen LogP contribution >= 0.6 is 0 Å². The monoisotopic (exact) mass is 468 g/mol. The van der Waals surface area contributed by atoms with Crippen LogP contribution in [-0.2, 0) is 20.5 Å². The molecule has 1 aromatic rings. The van der Waals surface area contributed by atoms with Crippen LogP contribution in [0.1, 0.15) is 44.1 Å². The third kappa shape index (κ3) is 5.33. The third-order valence-electron chi connectivity index (χ3n) is 7.01. The molecule has 2 saturated carbocycles. The number of carbonyl (C=O) groups is 2. The molecule has 2 amide bonds. The van der Waals surface area contributed by atoms with Gasteiger partial charge in [-0.25, -0.2) is 0 Å². The average Bonchev–Trinajstić information content (AvgIpc) is 2.69. The van der Waals surface area contributed by atoms with Gasteiger partial charge in [-0.05, 0) is 49.8 Å². The van der Waals surface area contributed by atoms with Crippen LogP contribution in [0.4, 0.5) is 24.5 Å². The molecule has 0 aromatic heterocycles. The summed E-state index contributed by atoms with van der Waals surface area (Å²) in [5.74, 6) is -0.375. The molecule has 2 aliphatic carbocycles. The number of hydrogen-bond donors (Lipinski definition) is 2. The van der Waals surface area contributed by atoms with E-state index < -0.39 is 29.6 Å². The average molecular weight is 469 g/mol. The number of alkyl halides is 3. The number of nitrogens with one attached hydrogen (secondary N) is 1. The van der Waals surface area contributed by atoms with E-state index in [1.165, 1.54) is 18.6 Å². The highest BCUT2D eigenvalue weighted by molar-refractivity contribution is 5.98. The van der Waals surface area contributed by atoms with E-state index >= 15 is 0 Å². The maximum absolute atomic E-state index is 13.8. The van der Waals surface area contributed by atoms with Crippen LogP contribution in [0.15, 0.2) is 18.2 Å². The van der Waals surface area contributed by atoms with Crippen molar-refractivity contribution in [2.75, 3.05) is 43.1 Å². The van der Waals surface area contributed by atoms with Gasteiger partial charge >= 0.3 is 6.18 Å². The number of benzene rings is 1. The van der Waals surface area contributed by atoms with Crippen molar-refractivity contribution in [1.29, 1.82) is 0 Å². The summed E-state index contributed by atoms with van der Waals surface area (Å²) in [6.07, 6.45) is 1.91. The minimum atomic E-state index is -4.69. The molecule has 0 unspecified atom stereocenters. The van der Waals surface area contributed by atoms with Crippen LogP contribution in [-0.4, -0.2) is 61.6 Å². The fourth-order valence-electron chi connectivity index (χ4n) is 4.69. The number of amides is 2. The summed E-state index contributed by atoms with van der Waals surface area (Å²) in [6, 6.07) is 3.23. The maximum atomic E-state index is 13.8. The molecule has 3 N–H and O–H groups in total. The molecule has 0 radical (unpaired) electrons. The zero-order chi connectivity index (χ0) is 23.6. The Kier molecular flexibility index (Phi) is 7.25. The highest BCUT2D eigenvalue weighted by atomic mass is 19.4. The summed E-state index contributed by atoms with van der Waals surface area (Å²) in [5.41, 5.74) is 4.81. The van der Waals surface area contributed by atoms with Crippen LogP contribution in [0.2, 0.25) is 0 Å². The van der Waals surface area contributed by atoms with Crippen molar-refractivity contribution < 1.29 is 27.5 Å². The van der Waals surface area contributed by atoms with Gasteiger partial charge in [0.1, 0.15) is 12.6 Å². The first-order valence-electron chi connectivity index (χ1n) is 11.6. The maximum Gasteiger partial charge on any atom is 0.418 e.